The number of aromatic amines is 1. The Hall–Kier alpha value is -3.03. The summed E-state index contributed by atoms with van der Waals surface area (Å²) in [4.78, 5) is 55.8. The van der Waals surface area contributed by atoms with Gasteiger partial charge in [-0.1, -0.05) is 13.8 Å². The zero-order valence-electron chi connectivity index (χ0n) is 19.1. The molecule has 1 rings (SSSR count). The van der Waals surface area contributed by atoms with E-state index in [9.17, 15) is 34.5 Å². The summed E-state index contributed by atoms with van der Waals surface area (Å²) in [5.41, 5.74) is 6.47. The molecule has 0 aliphatic carbocycles. The number of nitrogens with two attached hydrogens (primary N) is 1. The fourth-order valence-corrected chi connectivity index (χ4v) is 3.00. The third-order valence-electron chi connectivity index (χ3n) is 4.78. The van der Waals surface area contributed by atoms with Gasteiger partial charge in [0.05, 0.1) is 24.6 Å². The number of carboxylic acids is 1. The minimum Gasteiger partial charge on any atom is -0.480 e. The normalized spacial score (nSPS) is 16.7. The van der Waals surface area contributed by atoms with Crippen molar-refractivity contribution < 1.29 is 34.5 Å². The first-order chi connectivity index (χ1) is 15.3. The Balaban J connectivity index is 2.90. The second-order valence-corrected chi connectivity index (χ2v) is 8.37. The SMILES string of the molecule is CC(C)CC(NC(=O)C(NC(=O)C(N)Cc1cnc[nH]1)C(C)O)C(=O)NC(C(=O)O)C(C)O. The molecule has 0 aromatic carbocycles. The number of carbonyl (C=O) groups excluding carboxylic acids is 3. The zero-order valence-corrected chi connectivity index (χ0v) is 19.1. The van der Waals surface area contributed by atoms with Gasteiger partial charge in [-0.05, 0) is 26.2 Å². The van der Waals surface area contributed by atoms with Crippen molar-refractivity contribution in [2.45, 2.75) is 76.9 Å². The summed E-state index contributed by atoms with van der Waals surface area (Å²) in [5.74, 6) is -3.88. The second-order valence-electron chi connectivity index (χ2n) is 8.37. The number of aliphatic carboxylic acids is 1. The van der Waals surface area contributed by atoms with E-state index < -0.39 is 60.1 Å². The average Bonchev–Trinajstić information content (AvgIpc) is 3.20. The van der Waals surface area contributed by atoms with Gasteiger partial charge in [-0.15, -0.1) is 0 Å². The summed E-state index contributed by atoms with van der Waals surface area (Å²) >= 11 is 0. The van der Waals surface area contributed by atoms with Gasteiger partial charge >= 0.3 is 5.97 Å². The fourth-order valence-electron chi connectivity index (χ4n) is 3.00. The lowest BCUT2D eigenvalue weighted by molar-refractivity contribution is -0.145. The smallest absolute Gasteiger partial charge is 0.328 e. The molecule has 13 heteroatoms. The quantitative estimate of drug-likeness (QED) is 0.154. The molecule has 0 saturated heterocycles. The van der Waals surface area contributed by atoms with Crippen LogP contribution in [-0.4, -0.2) is 85.4 Å². The van der Waals surface area contributed by atoms with Crippen LogP contribution in [0.3, 0.4) is 0 Å². The second kappa shape index (κ2) is 12.9. The largest absolute Gasteiger partial charge is 0.480 e. The summed E-state index contributed by atoms with van der Waals surface area (Å²) < 4.78 is 0. The van der Waals surface area contributed by atoms with Crippen molar-refractivity contribution in [3.05, 3.63) is 18.2 Å². The number of imidazole rings is 1. The molecule has 0 radical (unpaired) electrons. The van der Waals surface area contributed by atoms with Crippen LogP contribution < -0.4 is 21.7 Å². The third-order valence-corrected chi connectivity index (χ3v) is 4.78. The van der Waals surface area contributed by atoms with E-state index in [2.05, 4.69) is 25.9 Å². The van der Waals surface area contributed by atoms with Gasteiger partial charge in [-0.25, -0.2) is 9.78 Å². The van der Waals surface area contributed by atoms with E-state index in [0.717, 1.165) is 0 Å². The summed E-state index contributed by atoms with van der Waals surface area (Å²) in [6, 6.07) is -5.19. The van der Waals surface area contributed by atoms with E-state index in [4.69, 9.17) is 5.73 Å². The lowest BCUT2D eigenvalue weighted by Gasteiger charge is -2.27. The van der Waals surface area contributed by atoms with Crippen LogP contribution in [0.15, 0.2) is 12.5 Å². The van der Waals surface area contributed by atoms with Crippen molar-refractivity contribution in [3.63, 3.8) is 0 Å². The number of rotatable bonds is 13. The maximum atomic E-state index is 12.8. The molecule has 6 unspecified atom stereocenters. The molecule has 0 saturated carbocycles. The molecule has 1 aromatic heterocycles. The summed E-state index contributed by atoms with van der Waals surface area (Å²) in [6.07, 6.45) is 0.498. The Labute approximate surface area is 191 Å². The van der Waals surface area contributed by atoms with Crippen molar-refractivity contribution in [1.82, 2.24) is 25.9 Å². The number of H-pyrrole nitrogens is 1. The zero-order chi connectivity index (χ0) is 25.3. The Bertz CT molecular complexity index is 797. The fraction of sp³-hybridized carbons (Fsp3) is 0.650. The third kappa shape index (κ3) is 9.16. The van der Waals surface area contributed by atoms with E-state index in [-0.39, 0.29) is 18.8 Å². The van der Waals surface area contributed by atoms with E-state index in [1.807, 2.05) is 0 Å². The maximum Gasteiger partial charge on any atom is 0.328 e. The molecule has 3 amide bonds. The van der Waals surface area contributed by atoms with Crippen molar-refractivity contribution in [1.29, 1.82) is 0 Å². The van der Waals surface area contributed by atoms with Gasteiger partial charge in [0.25, 0.3) is 0 Å². The lowest BCUT2D eigenvalue weighted by Crippen LogP contribution is -2.60. The number of amides is 3. The molecule has 13 nitrogen and oxygen atoms in total. The number of hydrogen-bond donors (Lipinski definition) is 8. The number of aliphatic hydroxyl groups excluding tert-OH is 2. The van der Waals surface area contributed by atoms with E-state index in [1.54, 1.807) is 13.8 Å². The number of nitrogens with zero attached hydrogens (tertiary/aromatic N) is 1. The summed E-state index contributed by atoms with van der Waals surface area (Å²) in [7, 11) is 0. The maximum absolute atomic E-state index is 12.8. The summed E-state index contributed by atoms with van der Waals surface area (Å²) in [5, 5.41) is 35.9. The van der Waals surface area contributed by atoms with Crippen LogP contribution in [0, 0.1) is 5.92 Å². The van der Waals surface area contributed by atoms with Crippen LogP contribution in [0.2, 0.25) is 0 Å². The van der Waals surface area contributed by atoms with Crippen LogP contribution in [0.4, 0.5) is 0 Å². The van der Waals surface area contributed by atoms with Gasteiger partial charge in [-0.3, -0.25) is 14.4 Å². The molecule has 0 aliphatic heterocycles. The molecule has 33 heavy (non-hydrogen) atoms. The van der Waals surface area contributed by atoms with Crippen molar-refractivity contribution in [2.75, 3.05) is 0 Å². The molecule has 0 bridgehead atoms. The molecule has 9 N–H and O–H groups in total. The van der Waals surface area contributed by atoms with Crippen LogP contribution >= 0.6 is 0 Å². The molecule has 6 atom stereocenters. The van der Waals surface area contributed by atoms with Gasteiger partial charge < -0.3 is 42.0 Å². The highest BCUT2D eigenvalue weighted by atomic mass is 16.4. The number of nitrogens with one attached hydrogen (secondary N) is 4. The first kappa shape index (κ1) is 28.0. The molecular weight excluding hydrogens is 436 g/mol. The lowest BCUT2D eigenvalue weighted by atomic mass is 10.0. The number of carbonyl (C=O) groups is 4. The van der Waals surface area contributed by atoms with Gasteiger partial charge in [0, 0.05) is 18.3 Å². The van der Waals surface area contributed by atoms with E-state index in [1.165, 1.54) is 26.4 Å². The van der Waals surface area contributed by atoms with E-state index in [0.29, 0.717) is 5.69 Å². The minimum atomic E-state index is -1.57. The number of aromatic nitrogens is 2. The first-order valence-electron chi connectivity index (χ1n) is 10.6. The molecule has 0 spiro atoms. The van der Waals surface area contributed by atoms with Crippen molar-refractivity contribution in [3.8, 4) is 0 Å². The van der Waals surface area contributed by atoms with Crippen LogP contribution in [0.5, 0.6) is 0 Å². The molecule has 1 heterocycles. The van der Waals surface area contributed by atoms with Gasteiger partial charge in [0.2, 0.25) is 17.7 Å². The predicted octanol–water partition coefficient (Wildman–Crippen LogP) is -2.37. The van der Waals surface area contributed by atoms with Crippen molar-refractivity contribution in [2.24, 2.45) is 11.7 Å². The molecule has 1 aromatic rings. The summed E-state index contributed by atoms with van der Waals surface area (Å²) in [6.45, 7) is 6.08. The Morgan fingerprint density at radius 2 is 1.55 bits per heavy atom. The Morgan fingerprint density at radius 1 is 0.970 bits per heavy atom. The number of hydrogen-bond acceptors (Lipinski definition) is 8. The monoisotopic (exact) mass is 470 g/mol. The topological polar surface area (TPSA) is 220 Å². The molecule has 186 valence electrons. The molecule has 0 aliphatic rings. The first-order valence-corrected chi connectivity index (χ1v) is 10.6. The Kier molecular flexibility index (Phi) is 10.9. The van der Waals surface area contributed by atoms with Crippen LogP contribution in [0.1, 0.15) is 39.8 Å². The highest BCUT2D eigenvalue weighted by Crippen LogP contribution is 2.08. The van der Waals surface area contributed by atoms with Crippen LogP contribution in [0.25, 0.3) is 0 Å². The standard InChI is InChI=1S/C20H34N6O7/c1-9(2)5-14(18(30)26-16(11(4)28)20(32)33)24-19(31)15(10(3)27)25-17(29)13(21)6-12-7-22-8-23-12/h7-11,13-16,27-28H,5-6,21H2,1-4H3,(H,22,23)(H,24,31)(H,25,29)(H,26,30)(H,32,33). The number of aliphatic hydroxyl groups is 2. The predicted molar refractivity (Wildman–Crippen MR) is 117 cm³/mol. The van der Waals surface area contributed by atoms with Gasteiger partial charge in [-0.2, -0.15) is 0 Å². The van der Waals surface area contributed by atoms with Crippen molar-refractivity contribution >= 4 is 23.7 Å². The minimum absolute atomic E-state index is 0.0710. The van der Waals surface area contributed by atoms with Crippen LogP contribution in [-0.2, 0) is 25.6 Å². The van der Waals surface area contributed by atoms with Gasteiger partial charge in [0.15, 0.2) is 6.04 Å². The molecular formula is C20H34N6O7. The average molecular weight is 471 g/mol. The van der Waals surface area contributed by atoms with Gasteiger partial charge in [0.1, 0.15) is 12.1 Å². The number of carboxylic acid groups (broad SMARTS) is 1. The highest BCUT2D eigenvalue weighted by molar-refractivity contribution is 5.94. The highest BCUT2D eigenvalue weighted by Gasteiger charge is 2.33. The van der Waals surface area contributed by atoms with E-state index >= 15 is 0 Å². The molecule has 0 fully saturated rings. The Morgan fingerprint density at radius 3 is 2.00 bits per heavy atom.